The molecule has 0 heterocycles. The summed E-state index contributed by atoms with van der Waals surface area (Å²) in [6.45, 7) is 1.56. The van der Waals surface area contributed by atoms with Gasteiger partial charge in [0.05, 0.1) is 6.61 Å². The number of benzene rings is 1. The number of ketones is 1. The lowest BCUT2D eigenvalue weighted by molar-refractivity contribution is -0.141. The summed E-state index contributed by atoms with van der Waals surface area (Å²) in [7, 11) is -3.47. The molecule has 0 saturated heterocycles. The molecule has 0 spiro atoms. The van der Waals surface area contributed by atoms with Crippen molar-refractivity contribution in [3.63, 3.8) is 0 Å². The molecule has 1 aromatic carbocycles. The fourth-order valence-corrected chi connectivity index (χ4v) is 3.39. The summed E-state index contributed by atoms with van der Waals surface area (Å²) in [6.07, 6.45) is 1.31. The van der Waals surface area contributed by atoms with E-state index < -0.39 is 25.9 Å². The Morgan fingerprint density at radius 3 is 2.32 bits per heavy atom. The third-order valence-corrected chi connectivity index (χ3v) is 5.74. The van der Waals surface area contributed by atoms with Crippen LogP contribution in [0.25, 0.3) is 0 Å². The summed E-state index contributed by atoms with van der Waals surface area (Å²) in [4.78, 5) is 23.9. The van der Waals surface area contributed by atoms with Crippen molar-refractivity contribution in [1.29, 1.82) is 0 Å². The Balaban J connectivity index is 3.18. The number of hydrogen-bond donors (Lipinski definition) is 0. The lowest BCUT2D eigenvalue weighted by Crippen LogP contribution is -2.37. The summed E-state index contributed by atoms with van der Waals surface area (Å²) < 4.78 is 28.4. The van der Waals surface area contributed by atoms with Crippen molar-refractivity contribution >= 4 is 31.4 Å². The van der Waals surface area contributed by atoms with E-state index in [1.54, 1.807) is 25.1 Å². The van der Waals surface area contributed by atoms with Gasteiger partial charge in [-0.25, -0.2) is 8.42 Å². The van der Waals surface area contributed by atoms with E-state index in [0.717, 1.165) is 0 Å². The van der Waals surface area contributed by atoms with E-state index in [9.17, 15) is 18.0 Å². The number of carbonyl (C=O) groups is 2. The number of esters is 1. The monoisotopic (exact) mass is 302 g/mol. The first-order valence-electron chi connectivity index (χ1n) is 5.49. The zero-order valence-electron chi connectivity index (χ0n) is 10.5. The van der Waals surface area contributed by atoms with Gasteiger partial charge in [-0.1, -0.05) is 30.3 Å². The number of carbonyl (C=O) groups excluding carboxylic acids is 2. The van der Waals surface area contributed by atoms with E-state index in [0.29, 0.717) is 10.8 Å². The van der Waals surface area contributed by atoms with Crippen LogP contribution in [-0.4, -0.2) is 38.3 Å². The van der Waals surface area contributed by atoms with Crippen molar-refractivity contribution in [2.24, 2.45) is 0 Å². The van der Waals surface area contributed by atoms with Gasteiger partial charge < -0.3 is 4.74 Å². The fourth-order valence-electron chi connectivity index (χ4n) is 1.42. The lowest BCUT2D eigenvalue weighted by atomic mass is 10.1. The van der Waals surface area contributed by atoms with Crippen molar-refractivity contribution in [1.82, 2.24) is 0 Å². The molecule has 0 aromatic heterocycles. The van der Waals surface area contributed by atoms with Gasteiger partial charge in [0.15, 0.2) is 5.78 Å². The van der Waals surface area contributed by atoms with Crippen LogP contribution in [0.4, 0.5) is 0 Å². The van der Waals surface area contributed by atoms with Gasteiger partial charge in [0, 0.05) is 5.56 Å². The summed E-state index contributed by atoms with van der Waals surface area (Å²) in [5, 5.41) is -1.81. The molecule has 19 heavy (non-hydrogen) atoms. The van der Waals surface area contributed by atoms with E-state index in [1.807, 2.05) is 0 Å². The number of rotatable bonds is 6. The van der Waals surface area contributed by atoms with Crippen LogP contribution in [0.1, 0.15) is 17.3 Å². The molecule has 1 rings (SSSR count). The molecule has 0 aliphatic heterocycles. The molecule has 1 atom stereocenters. The van der Waals surface area contributed by atoms with E-state index >= 15 is 0 Å². The Labute approximate surface area is 115 Å². The van der Waals surface area contributed by atoms with Crippen molar-refractivity contribution < 1.29 is 22.7 Å². The van der Waals surface area contributed by atoms with Gasteiger partial charge in [-0.15, -0.1) is 0 Å². The minimum absolute atomic E-state index is 0.0152. The summed E-state index contributed by atoms with van der Waals surface area (Å²) in [5.74, 6) is -1.81. The minimum atomic E-state index is -3.94. The van der Waals surface area contributed by atoms with Gasteiger partial charge in [-0.05, 0) is 24.0 Å². The highest BCUT2D eigenvalue weighted by atomic mass is 33.1. The maximum absolute atomic E-state index is 12.2. The van der Waals surface area contributed by atoms with Crippen LogP contribution >= 0.6 is 10.8 Å². The standard InChI is InChI=1S/C12H14O5S2/c1-3-17-12(14)11(19(15,16)18-2)10(13)9-7-5-4-6-8-9/h4-8,11H,3H2,1-2H3. The van der Waals surface area contributed by atoms with E-state index in [1.165, 1.54) is 18.4 Å². The minimum Gasteiger partial charge on any atom is -0.465 e. The first-order chi connectivity index (χ1) is 8.94. The first-order valence-corrected chi connectivity index (χ1v) is 8.78. The highest BCUT2D eigenvalue weighted by molar-refractivity contribution is 8.72. The van der Waals surface area contributed by atoms with Gasteiger partial charge in [0.25, 0.3) is 0 Å². The van der Waals surface area contributed by atoms with E-state index in [2.05, 4.69) is 4.74 Å². The molecule has 5 nitrogen and oxygen atoms in total. The molecule has 0 fully saturated rings. The second-order valence-corrected chi connectivity index (χ2v) is 7.71. The van der Waals surface area contributed by atoms with Gasteiger partial charge >= 0.3 is 5.97 Å². The maximum atomic E-state index is 12.2. The van der Waals surface area contributed by atoms with Gasteiger partial charge in [-0.3, -0.25) is 9.59 Å². The normalized spacial score (nSPS) is 12.7. The second-order valence-electron chi connectivity index (χ2n) is 3.52. The van der Waals surface area contributed by atoms with Gasteiger partial charge in [-0.2, -0.15) is 0 Å². The van der Waals surface area contributed by atoms with Crippen LogP contribution in [0.5, 0.6) is 0 Å². The van der Waals surface area contributed by atoms with Crippen molar-refractivity contribution in [3.8, 4) is 0 Å². The molecular weight excluding hydrogens is 288 g/mol. The van der Waals surface area contributed by atoms with Gasteiger partial charge in [0.2, 0.25) is 14.1 Å². The Morgan fingerprint density at radius 2 is 1.84 bits per heavy atom. The topological polar surface area (TPSA) is 77.5 Å². The van der Waals surface area contributed by atoms with Crippen LogP contribution in [0.15, 0.2) is 30.3 Å². The Morgan fingerprint density at radius 1 is 1.26 bits per heavy atom. The molecular formula is C12H14O5S2. The molecule has 0 aliphatic carbocycles. The predicted molar refractivity (Wildman–Crippen MR) is 73.6 cm³/mol. The summed E-state index contributed by atoms with van der Waals surface area (Å²) in [5.41, 5.74) is 0.165. The molecule has 0 aliphatic rings. The third kappa shape index (κ3) is 3.81. The maximum Gasteiger partial charge on any atom is 0.333 e. The van der Waals surface area contributed by atoms with Crippen molar-refractivity contribution in [3.05, 3.63) is 35.9 Å². The number of ether oxygens (including phenoxy) is 1. The van der Waals surface area contributed by atoms with Crippen LogP contribution in [0.3, 0.4) is 0 Å². The third-order valence-electron chi connectivity index (χ3n) is 2.32. The van der Waals surface area contributed by atoms with Gasteiger partial charge in [0.1, 0.15) is 0 Å². The summed E-state index contributed by atoms with van der Waals surface area (Å²) in [6, 6.07) is 7.82. The van der Waals surface area contributed by atoms with E-state index in [4.69, 9.17) is 0 Å². The molecule has 0 saturated carbocycles. The van der Waals surface area contributed by atoms with Crippen LogP contribution in [0.2, 0.25) is 0 Å². The fraction of sp³-hybridized carbons (Fsp3) is 0.333. The highest BCUT2D eigenvalue weighted by Crippen LogP contribution is 2.20. The molecule has 1 aromatic rings. The quantitative estimate of drug-likeness (QED) is 0.343. The molecule has 0 amide bonds. The average Bonchev–Trinajstić information content (AvgIpc) is 2.40. The number of Topliss-reactive ketones (excluding diaryl/α,β-unsaturated/α-hetero) is 1. The predicted octanol–water partition coefficient (Wildman–Crippen LogP) is 1.49. The Kier molecular flexibility index (Phi) is 5.56. The Bertz CT molecular complexity index is 551. The molecule has 0 bridgehead atoms. The highest BCUT2D eigenvalue weighted by Gasteiger charge is 2.40. The second kappa shape index (κ2) is 6.72. The van der Waals surface area contributed by atoms with E-state index in [-0.39, 0.29) is 12.2 Å². The smallest absolute Gasteiger partial charge is 0.333 e. The number of hydrogen-bond acceptors (Lipinski definition) is 6. The van der Waals surface area contributed by atoms with Crippen LogP contribution in [0, 0.1) is 0 Å². The Hall–Kier alpha value is -1.34. The molecule has 0 N–H and O–H groups in total. The molecule has 0 radical (unpaired) electrons. The van der Waals surface area contributed by atoms with Crippen LogP contribution in [-0.2, 0) is 18.4 Å². The zero-order chi connectivity index (χ0) is 14.5. The SMILES string of the molecule is CCOC(=O)C(C(=O)c1ccccc1)S(=O)(=O)SC. The molecule has 104 valence electrons. The van der Waals surface area contributed by atoms with Crippen molar-refractivity contribution in [2.75, 3.05) is 12.9 Å². The van der Waals surface area contributed by atoms with Crippen LogP contribution < -0.4 is 0 Å². The lowest BCUT2D eigenvalue weighted by Gasteiger charge is -2.13. The molecule has 1 unspecified atom stereocenters. The largest absolute Gasteiger partial charge is 0.465 e. The summed E-state index contributed by atoms with van der Waals surface area (Å²) >= 11 is 0. The van der Waals surface area contributed by atoms with Crippen molar-refractivity contribution in [2.45, 2.75) is 12.2 Å². The zero-order valence-corrected chi connectivity index (χ0v) is 12.2. The molecule has 7 heteroatoms. The average molecular weight is 302 g/mol. The first kappa shape index (κ1) is 15.7.